The summed E-state index contributed by atoms with van der Waals surface area (Å²) in [6, 6.07) is 7.36. The molecule has 4 heteroatoms. The highest BCUT2D eigenvalue weighted by atomic mass is 32.1. The minimum atomic E-state index is -0.251. The lowest BCUT2D eigenvalue weighted by Crippen LogP contribution is -2.22. The molecule has 1 fully saturated rings. The first-order valence-corrected chi connectivity index (χ1v) is 7.15. The summed E-state index contributed by atoms with van der Waals surface area (Å²) in [6.45, 7) is 0. The average Bonchev–Trinajstić information content (AvgIpc) is 2.39. The van der Waals surface area contributed by atoms with Crippen LogP contribution < -0.4 is 5.73 Å². The second-order valence-corrected chi connectivity index (χ2v) is 5.49. The van der Waals surface area contributed by atoms with Gasteiger partial charge in [0.2, 0.25) is 0 Å². The molecular formula is C15H19NO2S. The van der Waals surface area contributed by atoms with Crippen LogP contribution in [0.1, 0.15) is 48.0 Å². The van der Waals surface area contributed by atoms with Gasteiger partial charge < -0.3 is 10.5 Å². The van der Waals surface area contributed by atoms with Crippen molar-refractivity contribution in [2.24, 2.45) is 5.73 Å². The first kappa shape index (κ1) is 14.0. The molecule has 0 atom stereocenters. The fraction of sp³-hybridized carbons (Fsp3) is 0.467. The number of esters is 1. The Hall–Kier alpha value is -1.42. The van der Waals surface area contributed by atoms with E-state index in [4.69, 9.17) is 22.7 Å². The third-order valence-corrected chi connectivity index (χ3v) is 3.57. The van der Waals surface area contributed by atoms with E-state index in [9.17, 15) is 4.79 Å². The van der Waals surface area contributed by atoms with Crippen molar-refractivity contribution in [1.29, 1.82) is 0 Å². The zero-order chi connectivity index (χ0) is 13.7. The van der Waals surface area contributed by atoms with Crippen LogP contribution in [0.3, 0.4) is 0 Å². The number of nitrogens with two attached hydrogens (primary N) is 1. The predicted molar refractivity (Wildman–Crippen MR) is 79.2 cm³/mol. The Morgan fingerprint density at radius 1 is 1.26 bits per heavy atom. The molecule has 102 valence electrons. The maximum absolute atomic E-state index is 12.2. The molecule has 0 spiro atoms. The summed E-state index contributed by atoms with van der Waals surface area (Å²) in [5.41, 5.74) is 6.98. The molecule has 1 aliphatic rings. The summed E-state index contributed by atoms with van der Waals surface area (Å²) in [7, 11) is 0. The maximum atomic E-state index is 12.2. The van der Waals surface area contributed by atoms with Crippen LogP contribution in [0.4, 0.5) is 0 Å². The summed E-state index contributed by atoms with van der Waals surface area (Å²) in [5, 5.41) is 0. The molecule has 2 rings (SSSR count). The van der Waals surface area contributed by atoms with Crippen molar-refractivity contribution < 1.29 is 9.53 Å². The lowest BCUT2D eigenvalue weighted by molar-refractivity contribution is 0.0210. The zero-order valence-corrected chi connectivity index (χ0v) is 11.7. The van der Waals surface area contributed by atoms with Crippen LogP contribution in [0.25, 0.3) is 0 Å². The number of thiocarbonyl (C=S) groups is 1. The fourth-order valence-electron chi connectivity index (χ4n) is 2.46. The van der Waals surface area contributed by atoms with Gasteiger partial charge in [0, 0.05) is 6.42 Å². The van der Waals surface area contributed by atoms with Gasteiger partial charge >= 0.3 is 5.97 Å². The summed E-state index contributed by atoms with van der Waals surface area (Å²) < 4.78 is 5.58. The Bertz CT molecular complexity index is 467. The lowest BCUT2D eigenvalue weighted by Gasteiger charge is -2.22. The highest BCUT2D eigenvalue weighted by molar-refractivity contribution is 7.80. The van der Waals surface area contributed by atoms with E-state index in [1.807, 2.05) is 18.2 Å². The number of hydrogen-bond acceptors (Lipinski definition) is 3. The van der Waals surface area contributed by atoms with Crippen molar-refractivity contribution in [3.05, 3.63) is 35.4 Å². The van der Waals surface area contributed by atoms with Gasteiger partial charge in [-0.3, -0.25) is 0 Å². The smallest absolute Gasteiger partial charge is 0.338 e. The Morgan fingerprint density at radius 2 is 1.95 bits per heavy atom. The third kappa shape index (κ3) is 4.03. The van der Waals surface area contributed by atoms with E-state index < -0.39 is 0 Å². The molecule has 0 aromatic heterocycles. The van der Waals surface area contributed by atoms with Gasteiger partial charge in [0.1, 0.15) is 6.10 Å². The van der Waals surface area contributed by atoms with E-state index in [2.05, 4.69) is 0 Å². The fourth-order valence-corrected chi connectivity index (χ4v) is 2.61. The van der Waals surface area contributed by atoms with E-state index in [1.165, 1.54) is 6.42 Å². The van der Waals surface area contributed by atoms with Crippen LogP contribution >= 0.6 is 12.2 Å². The van der Waals surface area contributed by atoms with E-state index in [-0.39, 0.29) is 12.1 Å². The summed E-state index contributed by atoms with van der Waals surface area (Å²) >= 11 is 4.91. The van der Waals surface area contributed by atoms with E-state index in [1.54, 1.807) is 6.07 Å². The van der Waals surface area contributed by atoms with Crippen molar-refractivity contribution in [3.63, 3.8) is 0 Å². The molecule has 1 aromatic carbocycles. The quantitative estimate of drug-likeness (QED) is 0.679. The molecule has 0 amide bonds. The zero-order valence-electron chi connectivity index (χ0n) is 10.9. The van der Waals surface area contributed by atoms with Crippen molar-refractivity contribution in [2.75, 3.05) is 0 Å². The molecule has 0 unspecified atom stereocenters. The molecule has 19 heavy (non-hydrogen) atoms. The second kappa shape index (κ2) is 6.66. The number of rotatable bonds is 4. The van der Waals surface area contributed by atoms with Crippen molar-refractivity contribution in [1.82, 2.24) is 0 Å². The number of benzene rings is 1. The standard InChI is InChI=1S/C15H19NO2S/c16-14(19)10-11-6-4-5-9-13(11)15(17)18-12-7-2-1-3-8-12/h4-6,9,12H,1-3,7-8,10H2,(H2,16,19). The highest BCUT2D eigenvalue weighted by Crippen LogP contribution is 2.22. The monoisotopic (exact) mass is 277 g/mol. The maximum Gasteiger partial charge on any atom is 0.338 e. The summed E-state index contributed by atoms with van der Waals surface area (Å²) in [4.78, 5) is 12.6. The molecule has 2 N–H and O–H groups in total. The highest BCUT2D eigenvalue weighted by Gasteiger charge is 2.20. The van der Waals surface area contributed by atoms with Gasteiger partial charge in [0.05, 0.1) is 10.6 Å². The number of carbonyl (C=O) groups excluding carboxylic acids is 1. The molecule has 3 nitrogen and oxygen atoms in total. The van der Waals surface area contributed by atoms with Crippen LogP contribution in [-0.4, -0.2) is 17.1 Å². The predicted octanol–water partition coefficient (Wildman–Crippen LogP) is 3.00. The molecule has 0 aliphatic heterocycles. The molecule has 1 aliphatic carbocycles. The second-order valence-electron chi connectivity index (χ2n) is 4.97. The van der Waals surface area contributed by atoms with Gasteiger partial charge in [-0.15, -0.1) is 0 Å². The van der Waals surface area contributed by atoms with E-state index >= 15 is 0 Å². The SMILES string of the molecule is NC(=S)Cc1ccccc1C(=O)OC1CCCCC1. The minimum absolute atomic E-state index is 0.0686. The normalized spacial score (nSPS) is 16.0. The Kier molecular flexibility index (Phi) is 4.91. The third-order valence-electron chi connectivity index (χ3n) is 3.43. The van der Waals surface area contributed by atoms with Gasteiger partial charge in [0.15, 0.2) is 0 Å². The number of hydrogen-bond donors (Lipinski definition) is 1. The molecule has 0 saturated heterocycles. The Morgan fingerprint density at radius 3 is 2.63 bits per heavy atom. The topological polar surface area (TPSA) is 52.3 Å². The van der Waals surface area contributed by atoms with Gasteiger partial charge in [-0.2, -0.15) is 0 Å². The summed E-state index contributed by atoms with van der Waals surface area (Å²) in [5.74, 6) is -0.251. The van der Waals surface area contributed by atoms with Crippen LogP contribution in [0.5, 0.6) is 0 Å². The number of carbonyl (C=O) groups is 1. The van der Waals surface area contributed by atoms with E-state index in [0.29, 0.717) is 17.0 Å². The Balaban J connectivity index is 2.07. The van der Waals surface area contributed by atoms with Gasteiger partial charge in [0.25, 0.3) is 0 Å². The first-order chi connectivity index (χ1) is 9.16. The van der Waals surface area contributed by atoms with Crippen molar-refractivity contribution in [2.45, 2.75) is 44.6 Å². The van der Waals surface area contributed by atoms with Crippen molar-refractivity contribution >= 4 is 23.2 Å². The van der Waals surface area contributed by atoms with Crippen LogP contribution in [0, 0.1) is 0 Å². The summed E-state index contributed by atoms with van der Waals surface area (Å²) in [6.07, 6.45) is 5.99. The van der Waals surface area contributed by atoms with Gasteiger partial charge in [-0.25, -0.2) is 4.79 Å². The lowest BCUT2D eigenvalue weighted by atomic mass is 9.97. The first-order valence-electron chi connectivity index (χ1n) is 6.74. The minimum Gasteiger partial charge on any atom is -0.459 e. The molecular weight excluding hydrogens is 258 g/mol. The molecule has 0 bridgehead atoms. The van der Waals surface area contributed by atoms with Crippen LogP contribution in [0.2, 0.25) is 0 Å². The van der Waals surface area contributed by atoms with Crippen molar-refractivity contribution in [3.8, 4) is 0 Å². The average molecular weight is 277 g/mol. The number of ether oxygens (including phenoxy) is 1. The molecule has 1 aromatic rings. The molecule has 0 radical (unpaired) electrons. The molecule has 0 heterocycles. The van der Waals surface area contributed by atoms with E-state index in [0.717, 1.165) is 31.2 Å². The van der Waals surface area contributed by atoms with Gasteiger partial charge in [-0.05, 0) is 37.3 Å². The Labute approximate surface area is 119 Å². The largest absolute Gasteiger partial charge is 0.459 e. The van der Waals surface area contributed by atoms with Crippen LogP contribution in [-0.2, 0) is 11.2 Å². The van der Waals surface area contributed by atoms with Gasteiger partial charge in [-0.1, -0.05) is 36.8 Å². The molecule has 1 saturated carbocycles. The van der Waals surface area contributed by atoms with Crippen LogP contribution in [0.15, 0.2) is 24.3 Å².